The number of hydrogen-bond acceptors (Lipinski definition) is 3. The van der Waals surface area contributed by atoms with Crippen LogP contribution in [0.4, 0.5) is 5.69 Å². The van der Waals surface area contributed by atoms with Gasteiger partial charge >= 0.3 is 0 Å². The highest BCUT2D eigenvalue weighted by Crippen LogP contribution is 2.19. The fraction of sp³-hybridized carbons (Fsp3) is 0.679. The Morgan fingerprint density at radius 3 is 1.97 bits per heavy atom. The van der Waals surface area contributed by atoms with Gasteiger partial charge in [-0.15, -0.1) is 0 Å². The fourth-order valence-corrected chi connectivity index (χ4v) is 4.62. The zero-order valence-electron chi connectivity index (χ0n) is 21.4. The van der Waals surface area contributed by atoms with Gasteiger partial charge in [-0.05, 0) is 61.7 Å². The first kappa shape index (κ1) is 28.3. The van der Waals surface area contributed by atoms with Crippen LogP contribution in [0.25, 0.3) is 0 Å². The molecule has 190 valence electrons. The number of piperidine rings is 1. The second-order valence-electron chi connectivity index (χ2n) is 9.84. The van der Waals surface area contributed by atoms with Crippen molar-refractivity contribution < 1.29 is 9.59 Å². The van der Waals surface area contributed by atoms with E-state index in [-0.39, 0.29) is 11.8 Å². The molecule has 1 fully saturated rings. The van der Waals surface area contributed by atoms with Crippen LogP contribution in [-0.2, 0) is 4.79 Å². The molecule has 0 bridgehead atoms. The van der Waals surface area contributed by atoms with Crippen LogP contribution in [0.3, 0.4) is 0 Å². The average Bonchev–Trinajstić information content (AvgIpc) is 2.83. The number of nitrogens with zero attached hydrogens (tertiary/aromatic N) is 1. The van der Waals surface area contributed by atoms with Crippen LogP contribution >= 0.6 is 12.2 Å². The Morgan fingerprint density at radius 2 is 1.41 bits per heavy atom. The minimum absolute atomic E-state index is 0.0421. The standard InChI is InChI=1S/C28H45N3O2S/c1-3-4-5-6-7-8-9-10-11-12-13-14-26(32)30-28(34)29-25-17-15-24(16-18-25)27(33)31-21-19-23(2)20-22-31/h15-18,23H,3-14,19-22H2,1-2H3,(H2,29,30,32,34). The lowest BCUT2D eigenvalue weighted by atomic mass is 9.98. The zero-order valence-corrected chi connectivity index (χ0v) is 22.2. The minimum atomic E-state index is -0.0421. The van der Waals surface area contributed by atoms with Gasteiger partial charge in [0.2, 0.25) is 5.91 Å². The number of anilines is 1. The molecule has 0 spiro atoms. The maximum absolute atomic E-state index is 12.7. The van der Waals surface area contributed by atoms with Crippen molar-refractivity contribution in [2.75, 3.05) is 18.4 Å². The van der Waals surface area contributed by atoms with E-state index in [1.807, 2.05) is 29.2 Å². The van der Waals surface area contributed by atoms with Gasteiger partial charge in [-0.2, -0.15) is 0 Å². The Labute approximate surface area is 212 Å². The number of nitrogens with one attached hydrogen (secondary N) is 2. The molecule has 1 saturated heterocycles. The molecule has 1 aromatic carbocycles. The third kappa shape index (κ3) is 11.5. The summed E-state index contributed by atoms with van der Waals surface area (Å²) in [6, 6.07) is 7.31. The van der Waals surface area contributed by atoms with Crippen LogP contribution < -0.4 is 10.6 Å². The molecule has 2 amide bonds. The number of carbonyl (C=O) groups is 2. The first-order chi connectivity index (χ1) is 16.5. The number of benzene rings is 1. The van der Waals surface area contributed by atoms with Crippen molar-refractivity contribution in [3.63, 3.8) is 0 Å². The Bertz CT molecular complexity index is 743. The summed E-state index contributed by atoms with van der Waals surface area (Å²) in [7, 11) is 0. The lowest BCUT2D eigenvalue weighted by Crippen LogP contribution is -2.37. The predicted molar refractivity (Wildman–Crippen MR) is 146 cm³/mol. The summed E-state index contributed by atoms with van der Waals surface area (Å²) < 4.78 is 0. The molecular weight excluding hydrogens is 442 g/mol. The summed E-state index contributed by atoms with van der Waals surface area (Å²) in [5, 5.41) is 6.11. The Morgan fingerprint density at radius 1 is 0.882 bits per heavy atom. The molecule has 2 N–H and O–H groups in total. The van der Waals surface area contributed by atoms with E-state index in [4.69, 9.17) is 12.2 Å². The molecular formula is C28H45N3O2S. The Balaban J connectivity index is 1.55. The van der Waals surface area contributed by atoms with E-state index in [0.29, 0.717) is 23.0 Å². The van der Waals surface area contributed by atoms with E-state index in [9.17, 15) is 9.59 Å². The van der Waals surface area contributed by atoms with Crippen LogP contribution in [0.5, 0.6) is 0 Å². The molecule has 0 aliphatic carbocycles. The molecule has 0 radical (unpaired) electrons. The van der Waals surface area contributed by atoms with Gasteiger partial charge in [0.25, 0.3) is 5.91 Å². The van der Waals surface area contributed by atoms with Crippen LogP contribution in [0.1, 0.15) is 114 Å². The zero-order chi connectivity index (χ0) is 24.6. The second kappa shape index (κ2) is 16.6. The van der Waals surface area contributed by atoms with Gasteiger partial charge in [0.15, 0.2) is 5.11 Å². The molecule has 0 aromatic heterocycles. The van der Waals surface area contributed by atoms with Crippen molar-refractivity contribution in [2.45, 2.75) is 104 Å². The largest absolute Gasteiger partial charge is 0.339 e. The average molecular weight is 488 g/mol. The SMILES string of the molecule is CCCCCCCCCCCCCC(=O)NC(=S)Nc1ccc(C(=O)N2CCC(C)CC2)cc1. The highest BCUT2D eigenvalue weighted by molar-refractivity contribution is 7.80. The topological polar surface area (TPSA) is 61.4 Å². The molecule has 1 aromatic rings. The summed E-state index contributed by atoms with van der Waals surface area (Å²) in [6.45, 7) is 6.15. The summed E-state index contributed by atoms with van der Waals surface area (Å²) in [5.41, 5.74) is 1.45. The van der Waals surface area contributed by atoms with Crippen molar-refractivity contribution in [2.24, 2.45) is 5.92 Å². The number of hydrogen-bond donors (Lipinski definition) is 2. The summed E-state index contributed by atoms with van der Waals surface area (Å²) in [5.74, 6) is 0.739. The van der Waals surface area contributed by atoms with Gasteiger partial charge in [-0.25, -0.2) is 0 Å². The molecule has 2 rings (SSSR count). The Kier molecular flexibility index (Phi) is 13.8. The second-order valence-corrected chi connectivity index (χ2v) is 10.2. The first-order valence-corrected chi connectivity index (χ1v) is 13.9. The molecule has 0 saturated carbocycles. The van der Waals surface area contributed by atoms with Gasteiger partial charge in [-0.3, -0.25) is 9.59 Å². The van der Waals surface area contributed by atoms with Crippen LogP contribution in [0.15, 0.2) is 24.3 Å². The molecule has 1 aliphatic heterocycles. The summed E-state index contributed by atoms with van der Waals surface area (Å²) in [6.07, 6.45) is 16.6. The van der Waals surface area contributed by atoms with Crippen LogP contribution in [0.2, 0.25) is 0 Å². The van der Waals surface area contributed by atoms with Crippen LogP contribution in [-0.4, -0.2) is 34.9 Å². The van der Waals surface area contributed by atoms with E-state index >= 15 is 0 Å². The van der Waals surface area contributed by atoms with E-state index in [1.165, 1.54) is 57.8 Å². The minimum Gasteiger partial charge on any atom is -0.339 e. The first-order valence-electron chi connectivity index (χ1n) is 13.5. The highest BCUT2D eigenvalue weighted by Gasteiger charge is 2.21. The molecule has 34 heavy (non-hydrogen) atoms. The lowest BCUT2D eigenvalue weighted by Gasteiger charge is -2.30. The van der Waals surface area contributed by atoms with Gasteiger partial charge in [0.05, 0.1) is 0 Å². The van der Waals surface area contributed by atoms with Gasteiger partial charge in [-0.1, -0.05) is 78.1 Å². The Hall–Kier alpha value is -1.95. The normalized spacial score (nSPS) is 14.1. The van der Waals surface area contributed by atoms with E-state index in [1.54, 1.807) is 0 Å². The molecule has 1 aliphatic rings. The molecule has 1 heterocycles. The third-order valence-corrected chi connectivity index (χ3v) is 6.93. The predicted octanol–water partition coefficient (Wildman–Crippen LogP) is 7.07. The van der Waals surface area contributed by atoms with Gasteiger partial charge in [0, 0.05) is 30.8 Å². The van der Waals surface area contributed by atoms with Crippen molar-refractivity contribution in [3.05, 3.63) is 29.8 Å². The molecule has 0 unspecified atom stereocenters. The van der Waals surface area contributed by atoms with E-state index < -0.39 is 0 Å². The number of carbonyl (C=O) groups excluding carboxylic acids is 2. The van der Waals surface area contributed by atoms with Gasteiger partial charge < -0.3 is 15.5 Å². The third-order valence-electron chi connectivity index (χ3n) is 6.72. The number of thiocarbonyl (C=S) groups is 1. The quantitative estimate of drug-likeness (QED) is 0.217. The van der Waals surface area contributed by atoms with Crippen LogP contribution in [0, 0.1) is 5.92 Å². The van der Waals surface area contributed by atoms with Crippen molar-refractivity contribution in [3.8, 4) is 0 Å². The number of amides is 2. The van der Waals surface area contributed by atoms with Crippen molar-refractivity contribution >= 4 is 34.8 Å². The maximum Gasteiger partial charge on any atom is 0.253 e. The summed E-state index contributed by atoms with van der Waals surface area (Å²) >= 11 is 5.28. The van der Waals surface area contributed by atoms with Crippen molar-refractivity contribution in [1.82, 2.24) is 10.2 Å². The molecule has 0 atom stereocenters. The van der Waals surface area contributed by atoms with Gasteiger partial charge in [0.1, 0.15) is 0 Å². The lowest BCUT2D eigenvalue weighted by molar-refractivity contribution is -0.119. The fourth-order valence-electron chi connectivity index (χ4n) is 4.39. The number of rotatable bonds is 14. The highest BCUT2D eigenvalue weighted by atomic mass is 32.1. The van der Waals surface area contributed by atoms with E-state index in [0.717, 1.165) is 44.5 Å². The maximum atomic E-state index is 12.7. The smallest absolute Gasteiger partial charge is 0.253 e. The number of likely N-dealkylation sites (tertiary alicyclic amines) is 1. The van der Waals surface area contributed by atoms with Crippen molar-refractivity contribution in [1.29, 1.82) is 0 Å². The monoisotopic (exact) mass is 487 g/mol. The number of unbranched alkanes of at least 4 members (excludes halogenated alkanes) is 10. The molecule has 5 nitrogen and oxygen atoms in total. The molecule has 6 heteroatoms. The van der Waals surface area contributed by atoms with E-state index in [2.05, 4.69) is 24.5 Å². The summed E-state index contributed by atoms with van der Waals surface area (Å²) in [4.78, 5) is 26.7.